The van der Waals surface area contributed by atoms with Gasteiger partial charge in [0, 0.05) is 0 Å². The van der Waals surface area contributed by atoms with Crippen LogP contribution in [-0.2, 0) is 0 Å². The molecule has 140 valence electrons. The van der Waals surface area contributed by atoms with E-state index in [4.69, 9.17) is 0 Å². The fourth-order valence-corrected chi connectivity index (χ4v) is 4.99. The van der Waals surface area contributed by atoms with Crippen LogP contribution in [0.15, 0.2) is 72.8 Å². The second kappa shape index (κ2) is 6.44. The van der Waals surface area contributed by atoms with Gasteiger partial charge in [-0.2, -0.15) is 0 Å². The summed E-state index contributed by atoms with van der Waals surface area (Å²) >= 11 is 0. The Morgan fingerprint density at radius 1 is 0.536 bits per heavy atom. The third-order valence-electron chi connectivity index (χ3n) is 6.61. The summed E-state index contributed by atoms with van der Waals surface area (Å²) in [5.74, 6) is -0.944. The largest absolute Gasteiger partial charge is 0.851 e. The SMILES string of the molecule is Cc1c(C2C([O-])C(c3ccc4ccccc4c3C)C2[O-])ccc2ccccc12. The molecule has 28 heavy (non-hydrogen) atoms. The summed E-state index contributed by atoms with van der Waals surface area (Å²) in [6.07, 6.45) is -1.80. The second-order valence-electron chi connectivity index (χ2n) is 7.98. The smallest absolute Gasteiger partial charge is 0.0152 e. The highest BCUT2D eigenvalue weighted by Gasteiger charge is 2.39. The zero-order chi connectivity index (χ0) is 19.4. The standard InChI is InChI=1S/C26H22O2/c1-15-19-9-5-3-7-17(19)11-13-21(15)23-25(27)24(26(23)28)22-14-12-18-8-4-6-10-20(18)16(22)2/h3-14,23-26H,1-2H3/q-2. The van der Waals surface area contributed by atoms with Crippen molar-refractivity contribution in [1.29, 1.82) is 0 Å². The number of hydrogen-bond donors (Lipinski definition) is 0. The van der Waals surface area contributed by atoms with Crippen LogP contribution in [0.5, 0.6) is 0 Å². The fourth-order valence-electron chi connectivity index (χ4n) is 4.99. The minimum Gasteiger partial charge on any atom is -0.851 e. The van der Waals surface area contributed by atoms with Gasteiger partial charge in [0.15, 0.2) is 0 Å². The molecule has 4 aromatic rings. The van der Waals surface area contributed by atoms with Crippen molar-refractivity contribution in [2.24, 2.45) is 0 Å². The van der Waals surface area contributed by atoms with Gasteiger partial charge in [0.2, 0.25) is 0 Å². The van der Waals surface area contributed by atoms with Crippen LogP contribution in [0.1, 0.15) is 34.1 Å². The third kappa shape index (κ3) is 2.42. The Labute approximate surface area is 165 Å². The third-order valence-corrected chi connectivity index (χ3v) is 6.61. The lowest BCUT2D eigenvalue weighted by atomic mass is 9.61. The summed E-state index contributed by atoms with van der Waals surface area (Å²) in [7, 11) is 0. The monoisotopic (exact) mass is 366 g/mol. The van der Waals surface area contributed by atoms with Crippen LogP contribution in [0.4, 0.5) is 0 Å². The molecule has 0 radical (unpaired) electrons. The summed E-state index contributed by atoms with van der Waals surface area (Å²) in [5.41, 5.74) is 3.98. The number of hydrogen-bond acceptors (Lipinski definition) is 2. The van der Waals surface area contributed by atoms with Gasteiger partial charge in [-0.25, -0.2) is 0 Å². The Hall–Kier alpha value is -2.68. The molecule has 2 nitrogen and oxygen atoms in total. The number of rotatable bonds is 2. The van der Waals surface area contributed by atoms with Crippen LogP contribution < -0.4 is 10.2 Å². The van der Waals surface area contributed by atoms with Crippen molar-refractivity contribution in [3.8, 4) is 0 Å². The molecule has 1 fully saturated rings. The molecule has 1 aliphatic carbocycles. The van der Waals surface area contributed by atoms with Crippen molar-refractivity contribution in [2.75, 3.05) is 0 Å². The zero-order valence-electron chi connectivity index (χ0n) is 16.1. The summed E-state index contributed by atoms with van der Waals surface area (Å²) < 4.78 is 0. The van der Waals surface area contributed by atoms with E-state index >= 15 is 0 Å². The molecular weight excluding hydrogens is 344 g/mol. The van der Waals surface area contributed by atoms with Crippen molar-refractivity contribution < 1.29 is 10.2 Å². The normalized spacial score (nSPS) is 24.4. The first kappa shape index (κ1) is 17.4. The Morgan fingerprint density at radius 2 is 0.929 bits per heavy atom. The van der Waals surface area contributed by atoms with Gasteiger partial charge in [-0.05, 0) is 69.5 Å². The van der Waals surface area contributed by atoms with Gasteiger partial charge >= 0.3 is 0 Å². The van der Waals surface area contributed by atoms with Crippen molar-refractivity contribution in [1.82, 2.24) is 0 Å². The molecule has 0 heterocycles. The van der Waals surface area contributed by atoms with E-state index in [2.05, 4.69) is 24.3 Å². The quantitative estimate of drug-likeness (QED) is 0.539. The highest BCUT2D eigenvalue weighted by molar-refractivity contribution is 5.88. The molecule has 0 aromatic heterocycles. The fraction of sp³-hybridized carbons (Fsp3) is 0.231. The lowest BCUT2D eigenvalue weighted by Crippen LogP contribution is -2.63. The molecule has 1 saturated carbocycles. The van der Waals surface area contributed by atoms with E-state index in [1.807, 2.05) is 62.4 Å². The first-order chi connectivity index (χ1) is 13.6. The molecule has 0 saturated heterocycles. The van der Waals surface area contributed by atoms with E-state index in [1.54, 1.807) is 0 Å². The Balaban J connectivity index is 1.54. The van der Waals surface area contributed by atoms with Crippen LogP contribution in [0.3, 0.4) is 0 Å². The topological polar surface area (TPSA) is 46.1 Å². The van der Waals surface area contributed by atoms with Crippen molar-refractivity contribution in [2.45, 2.75) is 37.9 Å². The van der Waals surface area contributed by atoms with E-state index in [0.29, 0.717) is 0 Å². The lowest BCUT2D eigenvalue weighted by molar-refractivity contribution is -0.536. The Kier molecular flexibility index (Phi) is 4.01. The molecule has 0 aliphatic heterocycles. The molecule has 1 aliphatic rings. The van der Waals surface area contributed by atoms with Crippen LogP contribution in [-0.4, -0.2) is 12.2 Å². The number of fused-ring (bicyclic) bond motifs is 2. The maximum atomic E-state index is 13.2. The summed E-state index contributed by atoms with van der Waals surface area (Å²) in [4.78, 5) is 0. The lowest BCUT2D eigenvalue weighted by Gasteiger charge is -2.62. The van der Waals surface area contributed by atoms with Gasteiger partial charge in [0.1, 0.15) is 0 Å². The molecule has 0 unspecified atom stereocenters. The minimum atomic E-state index is -0.901. The van der Waals surface area contributed by atoms with Crippen LogP contribution >= 0.6 is 0 Å². The van der Waals surface area contributed by atoms with Crippen LogP contribution in [0.2, 0.25) is 0 Å². The second-order valence-corrected chi connectivity index (χ2v) is 7.98. The molecule has 0 atom stereocenters. The van der Waals surface area contributed by atoms with Crippen LogP contribution in [0, 0.1) is 13.8 Å². The molecule has 0 bridgehead atoms. The minimum absolute atomic E-state index is 0.472. The van der Waals surface area contributed by atoms with Crippen molar-refractivity contribution >= 4 is 21.5 Å². The highest BCUT2D eigenvalue weighted by atomic mass is 16.3. The maximum absolute atomic E-state index is 13.2. The molecular formula is C26H22O2-2. The molecule has 2 heteroatoms. The van der Waals surface area contributed by atoms with E-state index in [-0.39, 0.29) is 0 Å². The molecule has 5 rings (SSSR count). The van der Waals surface area contributed by atoms with Gasteiger partial charge in [-0.1, -0.05) is 72.8 Å². The highest BCUT2D eigenvalue weighted by Crippen LogP contribution is 2.48. The zero-order valence-corrected chi connectivity index (χ0v) is 16.1. The van der Waals surface area contributed by atoms with E-state index in [1.165, 1.54) is 0 Å². The summed E-state index contributed by atoms with van der Waals surface area (Å²) in [6.45, 7) is 4.07. The first-order valence-corrected chi connectivity index (χ1v) is 9.86. The van der Waals surface area contributed by atoms with Crippen molar-refractivity contribution in [3.63, 3.8) is 0 Å². The number of benzene rings is 4. The van der Waals surface area contributed by atoms with Gasteiger partial charge in [-0.15, -0.1) is 12.2 Å². The maximum Gasteiger partial charge on any atom is -0.0152 e. The number of aryl methyl sites for hydroxylation is 2. The predicted octanol–water partition coefficient (Wildman–Crippen LogP) is 3.95. The van der Waals surface area contributed by atoms with E-state index < -0.39 is 24.0 Å². The van der Waals surface area contributed by atoms with E-state index in [0.717, 1.165) is 43.8 Å². The Morgan fingerprint density at radius 3 is 1.36 bits per heavy atom. The van der Waals surface area contributed by atoms with Gasteiger partial charge in [0.05, 0.1) is 0 Å². The predicted molar refractivity (Wildman–Crippen MR) is 110 cm³/mol. The Bertz CT molecular complexity index is 1090. The van der Waals surface area contributed by atoms with Crippen LogP contribution in [0.25, 0.3) is 21.5 Å². The van der Waals surface area contributed by atoms with Crippen molar-refractivity contribution in [3.05, 3.63) is 95.1 Å². The average Bonchev–Trinajstić information content (AvgIpc) is 2.72. The molecule has 0 N–H and O–H groups in total. The van der Waals surface area contributed by atoms with E-state index in [9.17, 15) is 10.2 Å². The first-order valence-electron chi connectivity index (χ1n) is 9.86. The summed E-state index contributed by atoms with van der Waals surface area (Å²) in [5, 5.41) is 31.0. The summed E-state index contributed by atoms with van der Waals surface area (Å²) in [6, 6.07) is 24.3. The van der Waals surface area contributed by atoms with Gasteiger partial charge in [0.25, 0.3) is 0 Å². The van der Waals surface area contributed by atoms with Gasteiger partial charge in [-0.3, -0.25) is 0 Å². The average molecular weight is 366 g/mol. The molecule has 0 spiro atoms. The van der Waals surface area contributed by atoms with Gasteiger partial charge < -0.3 is 10.2 Å². The molecule has 4 aromatic carbocycles. The molecule has 0 amide bonds.